The zero-order valence-corrected chi connectivity index (χ0v) is 17.2. The fraction of sp³-hybridized carbons (Fsp3) is 0.400. The predicted octanol–water partition coefficient (Wildman–Crippen LogP) is 5.83. The van der Waals surface area contributed by atoms with Crippen LogP contribution in [0.2, 0.25) is 0 Å². The standard InChI is InChI=1S/C25H27FN2O/c1-15-4-6-17(7-5-15)21-14-20-12-13-22(28(20)3)24(21)25-23(16(2)27-29-25)18-8-10-19(26)11-9-18/h4-11,20-22,24H,12-14H2,1-3H3/t20?,21-,22?,24+/m1/s1. The van der Waals surface area contributed by atoms with Gasteiger partial charge in [0.25, 0.3) is 0 Å². The fourth-order valence-electron chi connectivity index (χ4n) is 5.56. The first kappa shape index (κ1) is 18.6. The minimum Gasteiger partial charge on any atom is -0.360 e. The van der Waals surface area contributed by atoms with Crippen molar-refractivity contribution in [1.82, 2.24) is 10.1 Å². The number of halogens is 1. The van der Waals surface area contributed by atoms with Crippen molar-refractivity contribution in [2.45, 2.75) is 57.0 Å². The highest BCUT2D eigenvalue weighted by Crippen LogP contribution is 2.53. The monoisotopic (exact) mass is 390 g/mol. The van der Waals surface area contributed by atoms with Crippen molar-refractivity contribution in [3.63, 3.8) is 0 Å². The second-order valence-electron chi connectivity index (χ2n) is 8.76. The van der Waals surface area contributed by atoms with E-state index in [0.29, 0.717) is 18.0 Å². The van der Waals surface area contributed by atoms with E-state index in [-0.39, 0.29) is 11.7 Å². The number of fused-ring (bicyclic) bond motifs is 2. The number of aryl methyl sites for hydroxylation is 2. The summed E-state index contributed by atoms with van der Waals surface area (Å²) >= 11 is 0. The molecule has 5 rings (SSSR count). The lowest BCUT2D eigenvalue weighted by atomic mass is 9.73. The second-order valence-corrected chi connectivity index (χ2v) is 8.76. The molecule has 0 radical (unpaired) electrons. The summed E-state index contributed by atoms with van der Waals surface area (Å²) in [5.41, 5.74) is 5.54. The van der Waals surface area contributed by atoms with Crippen LogP contribution in [0.1, 0.15) is 53.7 Å². The number of aromatic nitrogens is 1. The molecule has 4 heteroatoms. The van der Waals surface area contributed by atoms with Gasteiger partial charge in [0.2, 0.25) is 0 Å². The van der Waals surface area contributed by atoms with Crippen molar-refractivity contribution >= 4 is 0 Å². The maximum Gasteiger partial charge on any atom is 0.150 e. The Kier molecular flexibility index (Phi) is 4.54. The molecule has 2 unspecified atom stereocenters. The highest BCUT2D eigenvalue weighted by atomic mass is 19.1. The van der Waals surface area contributed by atoms with Crippen molar-refractivity contribution in [2.75, 3.05) is 7.05 Å². The third kappa shape index (κ3) is 3.10. The van der Waals surface area contributed by atoms with E-state index in [4.69, 9.17) is 4.52 Å². The van der Waals surface area contributed by atoms with Crippen LogP contribution in [0.3, 0.4) is 0 Å². The third-order valence-corrected chi connectivity index (χ3v) is 7.10. The van der Waals surface area contributed by atoms with Gasteiger partial charge >= 0.3 is 0 Å². The summed E-state index contributed by atoms with van der Waals surface area (Å²) < 4.78 is 19.6. The van der Waals surface area contributed by atoms with E-state index in [9.17, 15) is 4.39 Å². The molecule has 0 amide bonds. The molecule has 2 bridgehead atoms. The molecule has 29 heavy (non-hydrogen) atoms. The molecule has 4 atom stereocenters. The van der Waals surface area contributed by atoms with Crippen LogP contribution in [0.4, 0.5) is 4.39 Å². The molecule has 0 N–H and O–H groups in total. The molecule has 0 aliphatic carbocycles. The molecule has 2 saturated heterocycles. The Hall–Kier alpha value is -2.46. The van der Waals surface area contributed by atoms with E-state index in [2.05, 4.69) is 48.3 Å². The Bertz CT molecular complexity index is 1010. The molecule has 1 aromatic heterocycles. The molecule has 2 aliphatic heterocycles. The Morgan fingerprint density at radius 2 is 1.72 bits per heavy atom. The van der Waals surface area contributed by atoms with Crippen molar-refractivity contribution in [3.05, 3.63) is 76.9 Å². The fourth-order valence-corrected chi connectivity index (χ4v) is 5.56. The van der Waals surface area contributed by atoms with Crippen molar-refractivity contribution in [3.8, 4) is 11.1 Å². The van der Waals surface area contributed by atoms with Gasteiger partial charge in [0.15, 0.2) is 0 Å². The normalized spacial score (nSPS) is 26.8. The number of rotatable bonds is 3. The van der Waals surface area contributed by atoms with Crippen LogP contribution in [0.25, 0.3) is 11.1 Å². The van der Waals surface area contributed by atoms with Crippen molar-refractivity contribution in [2.24, 2.45) is 0 Å². The Labute approximate surface area is 171 Å². The lowest BCUT2D eigenvalue weighted by molar-refractivity contribution is 0.122. The highest BCUT2D eigenvalue weighted by Gasteiger charge is 2.49. The van der Waals surface area contributed by atoms with Crippen LogP contribution >= 0.6 is 0 Å². The van der Waals surface area contributed by atoms with E-state index < -0.39 is 0 Å². The summed E-state index contributed by atoms with van der Waals surface area (Å²) in [6.07, 6.45) is 3.54. The highest BCUT2D eigenvalue weighted by molar-refractivity contribution is 5.68. The van der Waals surface area contributed by atoms with Gasteiger partial charge in [-0.3, -0.25) is 4.90 Å². The van der Waals surface area contributed by atoms with Crippen LogP contribution in [0.15, 0.2) is 53.1 Å². The van der Waals surface area contributed by atoms with Crippen LogP contribution in [-0.4, -0.2) is 29.2 Å². The first-order chi connectivity index (χ1) is 14.0. The maximum absolute atomic E-state index is 13.5. The lowest BCUT2D eigenvalue weighted by Gasteiger charge is -2.42. The first-order valence-electron chi connectivity index (χ1n) is 10.5. The van der Waals surface area contributed by atoms with Crippen LogP contribution < -0.4 is 0 Å². The molecular formula is C25H27FN2O. The van der Waals surface area contributed by atoms with Gasteiger partial charge in [0.05, 0.1) is 5.69 Å². The quantitative estimate of drug-likeness (QED) is 0.563. The molecule has 3 nitrogen and oxygen atoms in total. The number of nitrogens with zero attached hydrogens (tertiary/aromatic N) is 2. The van der Waals surface area contributed by atoms with Gasteiger partial charge in [-0.05, 0) is 69.3 Å². The zero-order valence-electron chi connectivity index (χ0n) is 17.2. The van der Waals surface area contributed by atoms with E-state index in [1.54, 1.807) is 0 Å². The Balaban J connectivity index is 1.64. The molecule has 2 fully saturated rings. The number of hydrogen-bond acceptors (Lipinski definition) is 3. The molecule has 2 aliphatic rings. The summed E-state index contributed by atoms with van der Waals surface area (Å²) in [5.74, 6) is 1.37. The molecular weight excluding hydrogens is 363 g/mol. The van der Waals surface area contributed by atoms with E-state index >= 15 is 0 Å². The number of benzene rings is 2. The molecule has 3 aromatic rings. The Morgan fingerprint density at radius 3 is 2.45 bits per heavy atom. The predicted molar refractivity (Wildman–Crippen MR) is 112 cm³/mol. The summed E-state index contributed by atoms with van der Waals surface area (Å²) in [5, 5.41) is 4.35. The summed E-state index contributed by atoms with van der Waals surface area (Å²) in [6.45, 7) is 4.11. The van der Waals surface area contributed by atoms with Gasteiger partial charge in [-0.2, -0.15) is 0 Å². The van der Waals surface area contributed by atoms with Gasteiger partial charge in [-0.25, -0.2) is 4.39 Å². The zero-order chi connectivity index (χ0) is 20.1. The SMILES string of the molecule is Cc1ccc([C@H]2CC3CCC([C@H]2c2onc(C)c2-c2ccc(F)cc2)N3C)cc1. The minimum atomic E-state index is -0.224. The van der Waals surface area contributed by atoms with Gasteiger partial charge in [0.1, 0.15) is 11.6 Å². The van der Waals surface area contributed by atoms with Crippen molar-refractivity contribution < 1.29 is 8.91 Å². The summed E-state index contributed by atoms with van der Waals surface area (Å²) in [7, 11) is 2.25. The van der Waals surface area contributed by atoms with Gasteiger partial charge < -0.3 is 4.52 Å². The van der Waals surface area contributed by atoms with Crippen LogP contribution in [0.5, 0.6) is 0 Å². The summed E-state index contributed by atoms with van der Waals surface area (Å²) in [6, 6.07) is 16.7. The van der Waals surface area contributed by atoms with Gasteiger partial charge in [0, 0.05) is 23.6 Å². The minimum absolute atomic E-state index is 0.224. The topological polar surface area (TPSA) is 29.3 Å². The molecule has 2 aromatic carbocycles. The van der Waals surface area contributed by atoms with E-state index in [0.717, 1.165) is 29.0 Å². The maximum atomic E-state index is 13.5. The largest absolute Gasteiger partial charge is 0.360 e. The number of likely N-dealkylation sites (N-methyl/N-ethyl adjacent to an activating group) is 1. The van der Waals surface area contributed by atoms with Crippen molar-refractivity contribution in [1.29, 1.82) is 0 Å². The number of hydrogen-bond donors (Lipinski definition) is 0. The third-order valence-electron chi connectivity index (χ3n) is 7.10. The molecule has 3 heterocycles. The second kappa shape index (κ2) is 7.10. The number of piperidine rings is 1. The average molecular weight is 391 g/mol. The smallest absolute Gasteiger partial charge is 0.150 e. The summed E-state index contributed by atoms with van der Waals surface area (Å²) in [4.78, 5) is 2.54. The van der Waals surface area contributed by atoms with Gasteiger partial charge in [-0.15, -0.1) is 0 Å². The first-order valence-corrected chi connectivity index (χ1v) is 10.5. The average Bonchev–Trinajstić information content (AvgIpc) is 3.19. The van der Waals surface area contributed by atoms with Crippen LogP contribution in [0, 0.1) is 19.7 Å². The molecule has 0 spiro atoms. The van der Waals surface area contributed by atoms with Crippen LogP contribution in [-0.2, 0) is 0 Å². The lowest BCUT2D eigenvalue weighted by Crippen LogP contribution is -2.44. The van der Waals surface area contributed by atoms with E-state index in [1.807, 2.05) is 19.1 Å². The Morgan fingerprint density at radius 1 is 1.00 bits per heavy atom. The van der Waals surface area contributed by atoms with Gasteiger partial charge in [-0.1, -0.05) is 47.1 Å². The molecule has 0 saturated carbocycles. The van der Waals surface area contributed by atoms with E-state index in [1.165, 1.54) is 36.1 Å². The molecule has 150 valence electrons.